The van der Waals surface area contributed by atoms with Crippen LogP contribution in [0.3, 0.4) is 0 Å². The van der Waals surface area contributed by atoms with Crippen molar-refractivity contribution in [1.29, 1.82) is 0 Å². The van der Waals surface area contributed by atoms with E-state index in [2.05, 4.69) is 31.8 Å². The molecule has 0 radical (unpaired) electrons. The molecule has 2 amide bonds. The fourth-order valence-electron chi connectivity index (χ4n) is 2.44. The van der Waals surface area contributed by atoms with Crippen LogP contribution in [-0.2, 0) is 11.2 Å². The van der Waals surface area contributed by atoms with Gasteiger partial charge < -0.3 is 9.40 Å². The Labute approximate surface area is 146 Å². The number of hydrogen-bond acceptors (Lipinski definition) is 3. The average molecular weight is 390 g/mol. The first-order chi connectivity index (χ1) is 11.5. The predicted octanol–water partition coefficient (Wildman–Crippen LogP) is 3.14. The number of halogens is 1. The molecule has 0 atom stereocenters. The third-order valence-corrected chi connectivity index (χ3v) is 4.36. The summed E-state index contributed by atoms with van der Waals surface area (Å²) in [5.41, 5.74) is 8.89. The van der Waals surface area contributed by atoms with E-state index in [0.29, 0.717) is 5.69 Å². The zero-order chi connectivity index (χ0) is 17.3. The Hall–Kier alpha value is -2.54. The lowest BCUT2D eigenvalue weighted by atomic mass is 10.0. The van der Waals surface area contributed by atoms with Gasteiger partial charge in [0.1, 0.15) is 11.3 Å². The molecule has 0 fully saturated rings. The third kappa shape index (κ3) is 3.21. The number of rotatable bonds is 3. The molecule has 0 aliphatic carbocycles. The van der Waals surface area contributed by atoms with E-state index in [1.807, 2.05) is 26.0 Å². The van der Waals surface area contributed by atoms with Gasteiger partial charge in [0.15, 0.2) is 0 Å². The van der Waals surface area contributed by atoms with Gasteiger partial charge in [-0.25, -0.2) is 0 Å². The quantitative estimate of drug-likeness (QED) is 0.601. The molecule has 7 heteroatoms. The fourth-order valence-corrected chi connectivity index (χ4v) is 2.78. The van der Waals surface area contributed by atoms with Crippen LogP contribution in [0.4, 0.5) is 0 Å². The highest BCUT2D eigenvalue weighted by atomic mass is 79.9. The van der Waals surface area contributed by atoms with Crippen molar-refractivity contribution in [3.8, 4) is 0 Å². The summed E-state index contributed by atoms with van der Waals surface area (Å²) < 4.78 is 6.34. The van der Waals surface area contributed by atoms with Crippen LogP contribution in [0, 0.1) is 13.8 Å². The van der Waals surface area contributed by atoms with Crippen molar-refractivity contribution in [2.75, 3.05) is 0 Å². The van der Waals surface area contributed by atoms with Crippen molar-refractivity contribution in [2.24, 2.45) is 0 Å². The zero-order valence-corrected chi connectivity index (χ0v) is 14.8. The summed E-state index contributed by atoms with van der Waals surface area (Å²) >= 11 is 3.25. The fraction of sp³-hybridized carbons (Fsp3) is 0.176. The maximum Gasteiger partial charge on any atom is 0.286 e. The van der Waals surface area contributed by atoms with Gasteiger partial charge in [-0.1, -0.05) is 12.1 Å². The number of aromatic amines is 1. The van der Waals surface area contributed by atoms with Crippen LogP contribution in [0.25, 0.3) is 11.0 Å². The second-order valence-electron chi connectivity index (χ2n) is 5.56. The first kappa shape index (κ1) is 16.3. The molecule has 3 N–H and O–H groups in total. The van der Waals surface area contributed by atoms with Gasteiger partial charge in [0, 0.05) is 21.6 Å². The minimum atomic E-state index is -0.419. The van der Waals surface area contributed by atoms with E-state index in [9.17, 15) is 9.59 Å². The van der Waals surface area contributed by atoms with E-state index in [-0.39, 0.29) is 12.3 Å². The summed E-state index contributed by atoms with van der Waals surface area (Å²) in [4.78, 5) is 26.7. The van der Waals surface area contributed by atoms with Crippen LogP contribution in [0.2, 0.25) is 0 Å². The average Bonchev–Trinajstić information content (AvgIpc) is 3.16. The molecule has 124 valence electrons. The summed E-state index contributed by atoms with van der Waals surface area (Å²) in [6.45, 7) is 4.00. The molecule has 0 bridgehead atoms. The monoisotopic (exact) mass is 389 g/mol. The van der Waals surface area contributed by atoms with E-state index >= 15 is 0 Å². The van der Waals surface area contributed by atoms with E-state index in [0.717, 1.165) is 32.1 Å². The van der Waals surface area contributed by atoms with Crippen molar-refractivity contribution < 1.29 is 14.0 Å². The largest absolute Gasteiger partial charge is 0.464 e. The number of aryl methyl sites for hydroxylation is 2. The number of aromatic nitrogens is 1. The molecule has 1 aromatic carbocycles. The number of nitrogens with one attached hydrogen (secondary N) is 3. The number of hydrogen-bond donors (Lipinski definition) is 3. The Bertz CT molecular complexity index is 926. The number of benzene rings is 1. The summed E-state index contributed by atoms with van der Waals surface area (Å²) in [5, 5.41) is 0.910. The van der Waals surface area contributed by atoms with Gasteiger partial charge in [-0.3, -0.25) is 20.4 Å². The van der Waals surface area contributed by atoms with Crippen molar-refractivity contribution in [1.82, 2.24) is 15.8 Å². The summed E-state index contributed by atoms with van der Waals surface area (Å²) in [6, 6.07) is 5.56. The highest BCUT2D eigenvalue weighted by Crippen LogP contribution is 2.26. The molecule has 0 aliphatic rings. The molecular weight excluding hydrogens is 374 g/mol. The van der Waals surface area contributed by atoms with Gasteiger partial charge in [-0.15, -0.1) is 0 Å². The van der Waals surface area contributed by atoms with Crippen LogP contribution < -0.4 is 10.9 Å². The van der Waals surface area contributed by atoms with Crippen LogP contribution in [-0.4, -0.2) is 16.8 Å². The predicted molar refractivity (Wildman–Crippen MR) is 93.5 cm³/mol. The van der Waals surface area contributed by atoms with Gasteiger partial charge in [-0.2, -0.15) is 0 Å². The topological polar surface area (TPSA) is 87.1 Å². The Morgan fingerprint density at radius 2 is 2.04 bits per heavy atom. The molecule has 0 aliphatic heterocycles. The second kappa shape index (κ2) is 6.52. The minimum absolute atomic E-state index is 0.115. The Morgan fingerprint density at radius 3 is 2.75 bits per heavy atom. The number of carbonyl (C=O) groups is 2. The number of fused-ring (bicyclic) bond motifs is 1. The SMILES string of the molecule is Cc1ccc2c(CC(=O)NNC(=O)c3cc(Br)c[nH]3)coc2c1C. The van der Waals surface area contributed by atoms with E-state index in [1.165, 1.54) is 0 Å². The number of H-pyrrole nitrogens is 1. The second-order valence-corrected chi connectivity index (χ2v) is 6.47. The van der Waals surface area contributed by atoms with E-state index in [1.54, 1.807) is 18.5 Å². The summed E-state index contributed by atoms with van der Waals surface area (Å²) in [6.07, 6.45) is 3.34. The van der Waals surface area contributed by atoms with Crippen LogP contribution in [0.15, 0.2) is 39.5 Å². The molecule has 3 rings (SSSR count). The lowest BCUT2D eigenvalue weighted by Gasteiger charge is -2.06. The molecule has 24 heavy (non-hydrogen) atoms. The first-order valence-corrected chi connectivity index (χ1v) is 8.14. The Kier molecular flexibility index (Phi) is 4.44. The first-order valence-electron chi connectivity index (χ1n) is 7.35. The molecule has 3 aromatic rings. The maximum absolute atomic E-state index is 12.1. The van der Waals surface area contributed by atoms with Crippen LogP contribution in [0.5, 0.6) is 0 Å². The molecule has 2 aromatic heterocycles. The lowest BCUT2D eigenvalue weighted by molar-refractivity contribution is -0.121. The van der Waals surface area contributed by atoms with Crippen molar-refractivity contribution in [3.05, 3.63) is 57.5 Å². The Balaban J connectivity index is 1.65. The minimum Gasteiger partial charge on any atom is -0.464 e. The zero-order valence-electron chi connectivity index (χ0n) is 13.2. The number of amides is 2. The molecule has 0 unspecified atom stereocenters. The summed E-state index contributed by atoms with van der Waals surface area (Å²) in [7, 11) is 0. The summed E-state index contributed by atoms with van der Waals surface area (Å²) in [5.74, 6) is -0.743. The van der Waals surface area contributed by atoms with Gasteiger partial charge in [0.2, 0.25) is 5.91 Å². The maximum atomic E-state index is 12.1. The molecule has 2 heterocycles. The molecule has 0 saturated heterocycles. The number of furan rings is 1. The standard InChI is InChI=1S/C17H16BrN3O3/c1-9-3-4-13-11(8-24-16(13)10(9)2)5-15(22)20-21-17(23)14-6-12(18)7-19-14/h3-4,6-8,19H,5H2,1-2H3,(H,20,22)(H,21,23). The van der Waals surface area contributed by atoms with Gasteiger partial charge in [0.25, 0.3) is 5.91 Å². The molecule has 6 nitrogen and oxygen atoms in total. The number of carbonyl (C=O) groups excluding carboxylic acids is 2. The van der Waals surface area contributed by atoms with E-state index in [4.69, 9.17) is 4.42 Å². The lowest BCUT2D eigenvalue weighted by Crippen LogP contribution is -2.42. The van der Waals surface area contributed by atoms with Gasteiger partial charge >= 0.3 is 0 Å². The van der Waals surface area contributed by atoms with Crippen molar-refractivity contribution >= 4 is 38.7 Å². The highest BCUT2D eigenvalue weighted by Gasteiger charge is 2.14. The molecular formula is C17H16BrN3O3. The Morgan fingerprint density at radius 1 is 1.25 bits per heavy atom. The highest BCUT2D eigenvalue weighted by molar-refractivity contribution is 9.10. The van der Waals surface area contributed by atoms with Gasteiger partial charge in [-0.05, 0) is 47.0 Å². The molecule has 0 spiro atoms. The van der Waals surface area contributed by atoms with Crippen molar-refractivity contribution in [3.63, 3.8) is 0 Å². The van der Waals surface area contributed by atoms with Gasteiger partial charge in [0.05, 0.1) is 12.7 Å². The number of hydrazine groups is 1. The van der Waals surface area contributed by atoms with Crippen LogP contribution >= 0.6 is 15.9 Å². The van der Waals surface area contributed by atoms with E-state index < -0.39 is 5.91 Å². The normalized spacial score (nSPS) is 10.8. The third-order valence-electron chi connectivity index (χ3n) is 3.90. The smallest absolute Gasteiger partial charge is 0.286 e. The van der Waals surface area contributed by atoms with Crippen molar-refractivity contribution in [2.45, 2.75) is 20.3 Å². The molecule has 0 saturated carbocycles. The van der Waals surface area contributed by atoms with Crippen LogP contribution in [0.1, 0.15) is 27.2 Å².